The van der Waals surface area contributed by atoms with Crippen molar-refractivity contribution >= 4 is 28.1 Å². The molecule has 0 spiro atoms. The van der Waals surface area contributed by atoms with Crippen molar-refractivity contribution in [3.8, 4) is 16.4 Å². The van der Waals surface area contributed by atoms with Gasteiger partial charge in [-0.3, -0.25) is 4.79 Å². The number of aromatic nitrogens is 3. The number of hydrogen-bond donors (Lipinski definition) is 0. The first-order valence-corrected chi connectivity index (χ1v) is 11.9. The van der Waals surface area contributed by atoms with Crippen LogP contribution in [-0.4, -0.2) is 39.2 Å². The van der Waals surface area contributed by atoms with Gasteiger partial charge in [0.1, 0.15) is 0 Å². The van der Waals surface area contributed by atoms with Crippen LogP contribution >= 0.6 is 11.3 Å². The summed E-state index contributed by atoms with van der Waals surface area (Å²) >= 11 is 1.65. The Morgan fingerprint density at radius 1 is 1.12 bits per heavy atom. The highest BCUT2D eigenvalue weighted by Crippen LogP contribution is 2.37. The Kier molecular flexibility index (Phi) is 6.15. The second kappa shape index (κ2) is 8.87. The molecule has 6 heteroatoms. The average molecular weight is 447 g/mol. The summed E-state index contributed by atoms with van der Waals surface area (Å²) in [7, 11) is 1.84. The minimum absolute atomic E-state index is 0.0549. The van der Waals surface area contributed by atoms with Crippen molar-refractivity contribution < 1.29 is 4.79 Å². The summed E-state index contributed by atoms with van der Waals surface area (Å²) in [5, 5.41) is 6.46. The smallest absolute Gasteiger partial charge is 0.274 e. The molecule has 32 heavy (non-hydrogen) atoms. The highest BCUT2D eigenvalue weighted by Gasteiger charge is 2.24. The number of hydrogen-bond acceptors (Lipinski definition) is 4. The maximum atomic E-state index is 13.2. The molecule has 0 unspecified atom stereocenters. The molecule has 0 aliphatic heterocycles. The molecular formula is C26H30N4OS. The molecule has 2 aromatic carbocycles. The lowest BCUT2D eigenvalue weighted by molar-refractivity contribution is 0.0790. The van der Waals surface area contributed by atoms with E-state index in [-0.39, 0.29) is 5.91 Å². The lowest BCUT2D eigenvalue weighted by Crippen LogP contribution is -2.28. The van der Waals surface area contributed by atoms with E-state index < -0.39 is 0 Å². The van der Waals surface area contributed by atoms with E-state index in [1.165, 1.54) is 10.4 Å². The van der Waals surface area contributed by atoms with Gasteiger partial charge in [-0.1, -0.05) is 67.5 Å². The number of carbonyl (C=O) groups excluding carboxylic acids is 1. The Hall–Kier alpha value is -2.99. The topological polar surface area (TPSA) is 51.0 Å². The second-order valence-corrected chi connectivity index (χ2v) is 9.75. The minimum atomic E-state index is -0.0549. The van der Waals surface area contributed by atoms with Crippen molar-refractivity contribution in [3.63, 3.8) is 0 Å². The number of amides is 1. The summed E-state index contributed by atoms with van der Waals surface area (Å²) in [6.07, 6.45) is 0.907. The second-order valence-electron chi connectivity index (χ2n) is 8.74. The van der Waals surface area contributed by atoms with Crippen molar-refractivity contribution in [2.24, 2.45) is 0 Å². The Morgan fingerprint density at radius 3 is 2.56 bits per heavy atom. The number of fused-ring (bicyclic) bond motifs is 1. The molecule has 0 saturated heterocycles. The minimum Gasteiger partial charge on any atom is -0.340 e. The molecule has 2 aromatic heterocycles. The summed E-state index contributed by atoms with van der Waals surface area (Å²) in [6, 6.07) is 14.6. The van der Waals surface area contributed by atoms with E-state index in [1.807, 2.05) is 30.8 Å². The van der Waals surface area contributed by atoms with E-state index in [2.05, 4.69) is 58.0 Å². The molecule has 4 aromatic rings. The Bertz CT molecular complexity index is 1280. The number of thiazole rings is 1. The zero-order chi connectivity index (χ0) is 23.0. The highest BCUT2D eigenvalue weighted by atomic mass is 32.1. The SMILES string of the molecule is CCCN(C)C(=O)c1nn(-c2nc(-c3cccc(C)c3)c(C(C)C)s2)c2ccc(C)cc12. The van der Waals surface area contributed by atoms with Crippen molar-refractivity contribution in [1.29, 1.82) is 0 Å². The summed E-state index contributed by atoms with van der Waals surface area (Å²) in [5.74, 6) is 0.276. The van der Waals surface area contributed by atoms with Crippen molar-refractivity contribution in [3.05, 3.63) is 64.2 Å². The molecule has 0 N–H and O–H groups in total. The van der Waals surface area contributed by atoms with Gasteiger partial charge >= 0.3 is 0 Å². The molecule has 0 aliphatic carbocycles. The number of benzene rings is 2. The Balaban J connectivity index is 1.91. The van der Waals surface area contributed by atoms with Crippen LogP contribution in [0.4, 0.5) is 0 Å². The molecule has 0 bridgehead atoms. The average Bonchev–Trinajstić information content (AvgIpc) is 3.35. The van der Waals surface area contributed by atoms with E-state index in [9.17, 15) is 4.79 Å². The van der Waals surface area contributed by atoms with Crippen molar-refractivity contribution in [2.45, 2.75) is 47.0 Å². The third-order valence-electron chi connectivity index (χ3n) is 5.58. The van der Waals surface area contributed by atoms with Gasteiger partial charge in [-0.2, -0.15) is 5.10 Å². The molecule has 5 nitrogen and oxygen atoms in total. The van der Waals surface area contributed by atoms with Crippen LogP contribution < -0.4 is 0 Å². The molecule has 1 amide bonds. The van der Waals surface area contributed by atoms with Gasteiger partial charge < -0.3 is 4.90 Å². The van der Waals surface area contributed by atoms with E-state index >= 15 is 0 Å². The van der Waals surface area contributed by atoms with Crippen LogP contribution in [0, 0.1) is 13.8 Å². The molecule has 4 rings (SSSR count). The highest BCUT2D eigenvalue weighted by molar-refractivity contribution is 7.14. The van der Waals surface area contributed by atoms with Gasteiger partial charge in [0.2, 0.25) is 5.13 Å². The first-order chi connectivity index (χ1) is 15.3. The fourth-order valence-corrected chi connectivity index (χ4v) is 5.01. The first kappa shape index (κ1) is 22.2. The maximum Gasteiger partial charge on any atom is 0.274 e. The Labute approximate surface area is 193 Å². The Morgan fingerprint density at radius 2 is 1.88 bits per heavy atom. The lowest BCUT2D eigenvalue weighted by Gasteiger charge is -2.14. The van der Waals surface area contributed by atoms with Gasteiger partial charge in [0.15, 0.2) is 5.69 Å². The summed E-state index contributed by atoms with van der Waals surface area (Å²) in [5.41, 5.74) is 5.81. The van der Waals surface area contributed by atoms with Crippen LogP contribution in [0.2, 0.25) is 0 Å². The largest absolute Gasteiger partial charge is 0.340 e. The molecule has 0 atom stereocenters. The number of rotatable bonds is 6. The van der Waals surface area contributed by atoms with Gasteiger partial charge in [-0.25, -0.2) is 9.67 Å². The van der Waals surface area contributed by atoms with Crippen LogP contribution in [0.5, 0.6) is 0 Å². The van der Waals surface area contributed by atoms with Gasteiger partial charge in [-0.05, 0) is 44.4 Å². The molecule has 0 radical (unpaired) electrons. The number of aryl methyl sites for hydroxylation is 2. The predicted octanol–water partition coefficient (Wildman–Crippen LogP) is 6.37. The van der Waals surface area contributed by atoms with Crippen molar-refractivity contribution in [1.82, 2.24) is 19.7 Å². The van der Waals surface area contributed by atoms with Gasteiger partial charge in [0.05, 0.1) is 11.2 Å². The zero-order valence-electron chi connectivity index (χ0n) is 19.6. The fourth-order valence-electron chi connectivity index (χ4n) is 3.95. The normalized spacial score (nSPS) is 11.5. The quantitative estimate of drug-likeness (QED) is 0.346. The maximum absolute atomic E-state index is 13.2. The monoisotopic (exact) mass is 446 g/mol. The first-order valence-electron chi connectivity index (χ1n) is 11.1. The summed E-state index contributed by atoms with van der Waals surface area (Å²) < 4.78 is 1.84. The van der Waals surface area contributed by atoms with Gasteiger partial charge in [-0.15, -0.1) is 0 Å². The van der Waals surface area contributed by atoms with Gasteiger partial charge in [0, 0.05) is 29.4 Å². The van der Waals surface area contributed by atoms with Crippen molar-refractivity contribution in [2.75, 3.05) is 13.6 Å². The zero-order valence-corrected chi connectivity index (χ0v) is 20.5. The van der Waals surface area contributed by atoms with E-state index in [1.54, 1.807) is 16.2 Å². The lowest BCUT2D eigenvalue weighted by atomic mass is 10.0. The van der Waals surface area contributed by atoms with E-state index in [4.69, 9.17) is 10.1 Å². The molecular weight excluding hydrogens is 416 g/mol. The van der Waals surface area contributed by atoms with E-state index in [0.29, 0.717) is 18.2 Å². The predicted molar refractivity (Wildman–Crippen MR) is 133 cm³/mol. The molecule has 0 aliphatic rings. The van der Waals surface area contributed by atoms with Crippen LogP contribution in [0.3, 0.4) is 0 Å². The third-order valence-corrected chi connectivity index (χ3v) is 6.91. The van der Waals surface area contributed by atoms with Crippen LogP contribution in [0.15, 0.2) is 42.5 Å². The van der Waals surface area contributed by atoms with Crippen LogP contribution in [0.25, 0.3) is 27.3 Å². The number of nitrogens with zero attached hydrogens (tertiary/aromatic N) is 4. The molecule has 2 heterocycles. The summed E-state index contributed by atoms with van der Waals surface area (Å²) in [4.78, 5) is 21.2. The number of carbonyl (C=O) groups is 1. The summed E-state index contributed by atoms with van der Waals surface area (Å²) in [6.45, 7) is 11.3. The van der Waals surface area contributed by atoms with Crippen LogP contribution in [0.1, 0.15) is 59.6 Å². The van der Waals surface area contributed by atoms with E-state index in [0.717, 1.165) is 39.3 Å². The standard InChI is InChI=1S/C26H30N4OS/c1-7-13-29(6)25(31)23-20-15-18(5)11-12-21(20)30(28-23)26-27-22(24(32-26)16(2)3)19-10-8-9-17(4)14-19/h8-12,14-16H,7,13H2,1-6H3. The van der Waals surface area contributed by atoms with Crippen LogP contribution in [-0.2, 0) is 0 Å². The fraction of sp³-hybridized carbons (Fsp3) is 0.346. The molecule has 0 fully saturated rings. The molecule has 0 saturated carbocycles. The third kappa shape index (κ3) is 4.07. The molecule has 166 valence electrons. The van der Waals surface area contributed by atoms with Gasteiger partial charge in [0.25, 0.3) is 5.91 Å².